The Kier molecular flexibility index (Phi) is 3.98. The second kappa shape index (κ2) is 5.55. The number of carbonyl (C=O) groups is 1. The van der Waals surface area contributed by atoms with Crippen molar-refractivity contribution in [2.24, 2.45) is 23.7 Å². The van der Waals surface area contributed by atoms with Crippen LogP contribution in [0.25, 0.3) is 0 Å². The molecule has 0 amide bonds. The Balaban J connectivity index is 1.57. The number of Topliss-reactive ketones (excluding diaryl/α,β-unsaturated/α-hetero) is 1. The van der Waals surface area contributed by atoms with Crippen LogP contribution in [0.2, 0.25) is 0 Å². The predicted molar refractivity (Wildman–Crippen MR) is 78.0 cm³/mol. The zero-order valence-corrected chi connectivity index (χ0v) is 12.6. The highest BCUT2D eigenvalue weighted by molar-refractivity contribution is 5.82. The molecular formula is C17H29NO. The van der Waals surface area contributed by atoms with Crippen LogP contribution < -0.4 is 0 Å². The van der Waals surface area contributed by atoms with Gasteiger partial charge in [0.25, 0.3) is 0 Å². The summed E-state index contributed by atoms with van der Waals surface area (Å²) in [6.45, 7) is 6.99. The predicted octanol–water partition coefficient (Wildman–Crippen LogP) is 3.50. The van der Waals surface area contributed by atoms with Crippen molar-refractivity contribution in [3.05, 3.63) is 0 Å². The lowest BCUT2D eigenvalue weighted by atomic mass is 9.75. The fourth-order valence-electron chi connectivity index (χ4n) is 3.66. The molecule has 0 spiro atoms. The van der Waals surface area contributed by atoms with E-state index in [0.717, 1.165) is 49.6 Å². The molecular weight excluding hydrogens is 234 g/mol. The van der Waals surface area contributed by atoms with Crippen molar-refractivity contribution in [2.75, 3.05) is 13.1 Å². The molecule has 3 aliphatic rings. The number of carbonyl (C=O) groups excluding carboxylic acids is 1. The monoisotopic (exact) mass is 263 g/mol. The van der Waals surface area contributed by atoms with Crippen molar-refractivity contribution in [1.29, 1.82) is 0 Å². The fraction of sp³-hybridized carbons (Fsp3) is 0.941. The van der Waals surface area contributed by atoms with Crippen LogP contribution >= 0.6 is 0 Å². The first-order chi connectivity index (χ1) is 9.13. The molecule has 3 fully saturated rings. The minimum Gasteiger partial charge on any atom is -0.299 e. The number of nitrogens with zero attached hydrogens (tertiary/aromatic N) is 1. The Morgan fingerprint density at radius 3 is 2.42 bits per heavy atom. The van der Waals surface area contributed by atoms with Crippen molar-refractivity contribution in [1.82, 2.24) is 4.90 Å². The van der Waals surface area contributed by atoms with Crippen LogP contribution in [-0.2, 0) is 4.79 Å². The van der Waals surface area contributed by atoms with Crippen molar-refractivity contribution in [3.63, 3.8) is 0 Å². The molecule has 2 nitrogen and oxygen atoms in total. The fourth-order valence-corrected chi connectivity index (χ4v) is 3.66. The molecule has 2 atom stereocenters. The van der Waals surface area contributed by atoms with Gasteiger partial charge in [0.1, 0.15) is 5.78 Å². The number of hydrogen-bond donors (Lipinski definition) is 0. The maximum atomic E-state index is 12.2. The molecule has 0 aromatic rings. The van der Waals surface area contributed by atoms with E-state index < -0.39 is 0 Å². The molecule has 108 valence electrons. The van der Waals surface area contributed by atoms with E-state index in [1.165, 1.54) is 32.2 Å². The maximum Gasteiger partial charge on any atom is 0.137 e. The molecule has 0 aliphatic heterocycles. The summed E-state index contributed by atoms with van der Waals surface area (Å²) in [5, 5.41) is 0. The highest BCUT2D eigenvalue weighted by Crippen LogP contribution is 2.37. The van der Waals surface area contributed by atoms with Crippen molar-refractivity contribution < 1.29 is 4.79 Å². The molecule has 0 bridgehead atoms. The van der Waals surface area contributed by atoms with Crippen LogP contribution in [0.4, 0.5) is 0 Å². The molecule has 0 aromatic carbocycles. The molecule has 2 heteroatoms. The van der Waals surface area contributed by atoms with E-state index in [-0.39, 0.29) is 0 Å². The molecule has 3 aliphatic carbocycles. The molecule has 3 saturated carbocycles. The van der Waals surface area contributed by atoms with Crippen LogP contribution in [0.15, 0.2) is 0 Å². The Morgan fingerprint density at radius 2 is 1.84 bits per heavy atom. The molecule has 2 unspecified atom stereocenters. The zero-order valence-electron chi connectivity index (χ0n) is 12.6. The smallest absolute Gasteiger partial charge is 0.137 e. The quantitative estimate of drug-likeness (QED) is 0.731. The zero-order chi connectivity index (χ0) is 13.4. The van der Waals surface area contributed by atoms with Crippen LogP contribution in [0.3, 0.4) is 0 Å². The van der Waals surface area contributed by atoms with Gasteiger partial charge in [0.05, 0.1) is 0 Å². The van der Waals surface area contributed by atoms with E-state index in [2.05, 4.69) is 18.7 Å². The molecule has 0 heterocycles. The van der Waals surface area contributed by atoms with E-state index in [4.69, 9.17) is 0 Å². The highest BCUT2D eigenvalue weighted by Gasteiger charge is 2.37. The van der Waals surface area contributed by atoms with Gasteiger partial charge in [0.15, 0.2) is 0 Å². The van der Waals surface area contributed by atoms with Crippen molar-refractivity contribution >= 4 is 5.78 Å². The third kappa shape index (κ3) is 3.59. The Morgan fingerprint density at radius 1 is 1.11 bits per heavy atom. The number of ketones is 1. The third-order valence-electron chi connectivity index (χ3n) is 5.45. The summed E-state index contributed by atoms with van der Waals surface area (Å²) in [4.78, 5) is 14.9. The van der Waals surface area contributed by atoms with Gasteiger partial charge < -0.3 is 0 Å². The maximum absolute atomic E-state index is 12.2. The Labute approximate surface area is 117 Å². The minimum absolute atomic E-state index is 0.348. The van der Waals surface area contributed by atoms with Gasteiger partial charge in [-0.2, -0.15) is 0 Å². The van der Waals surface area contributed by atoms with Crippen LogP contribution in [0.5, 0.6) is 0 Å². The first-order valence-electron chi connectivity index (χ1n) is 8.40. The Bertz CT molecular complexity index is 330. The SMILES string of the molecule is CC(C)C1CCC(=O)C(CN(CC2CC2)C2CC2)C1. The summed E-state index contributed by atoms with van der Waals surface area (Å²) in [6, 6.07) is 0.827. The highest BCUT2D eigenvalue weighted by atomic mass is 16.1. The van der Waals surface area contributed by atoms with Gasteiger partial charge >= 0.3 is 0 Å². The molecule has 0 radical (unpaired) electrons. The summed E-state index contributed by atoms with van der Waals surface area (Å²) in [7, 11) is 0. The normalized spacial score (nSPS) is 32.3. The van der Waals surface area contributed by atoms with Gasteiger partial charge in [0, 0.05) is 31.5 Å². The van der Waals surface area contributed by atoms with Gasteiger partial charge in [-0.25, -0.2) is 0 Å². The topological polar surface area (TPSA) is 20.3 Å². The van der Waals surface area contributed by atoms with E-state index in [1.54, 1.807) is 0 Å². The summed E-state index contributed by atoms with van der Waals surface area (Å²) < 4.78 is 0. The number of hydrogen-bond acceptors (Lipinski definition) is 2. The third-order valence-corrected chi connectivity index (χ3v) is 5.45. The summed E-state index contributed by atoms with van der Waals surface area (Å²) >= 11 is 0. The van der Waals surface area contributed by atoms with E-state index in [1.807, 2.05) is 0 Å². The van der Waals surface area contributed by atoms with E-state index >= 15 is 0 Å². The van der Waals surface area contributed by atoms with Gasteiger partial charge in [-0.1, -0.05) is 13.8 Å². The molecule has 19 heavy (non-hydrogen) atoms. The minimum atomic E-state index is 0.348. The largest absolute Gasteiger partial charge is 0.299 e. The second-order valence-corrected chi connectivity index (χ2v) is 7.57. The first-order valence-corrected chi connectivity index (χ1v) is 8.40. The number of rotatable bonds is 6. The van der Waals surface area contributed by atoms with Crippen LogP contribution in [0.1, 0.15) is 58.8 Å². The van der Waals surface area contributed by atoms with Gasteiger partial charge in [0.2, 0.25) is 0 Å². The molecule has 3 rings (SSSR count). The molecule has 0 N–H and O–H groups in total. The van der Waals surface area contributed by atoms with Crippen LogP contribution in [0, 0.1) is 23.7 Å². The van der Waals surface area contributed by atoms with Gasteiger partial charge in [-0.3, -0.25) is 9.69 Å². The first kappa shape index (κ1) is 13.6. The second-order valence-electron chi connectivity index (χ2n) is 7.57. The van der Waals surface area contributed by atoms with E-state index in [0.29, 0.717) is 11.7 Å². The van der Waals surface area contributed by atoms with Gasteiger partial charge in [-0.15, -0.1) is 0 Å². The van der Waals surface area contributed by atoms with Crippen LogP contribution in [-0.4, -0.2) is 29.8 Å². The summed E-state index contributed by atoms with van der Waals surface area (Å²) in [6.07, 6.45) is 8.74. The lowest BCUT2D eigenvalue weighted by Gasteiger charge is -2.34. The lowest BCUT2D eigenvalue weighted by Crippen LogP contribution is -2.39. The average Bonchev–Trinajstić information content (AvgIpc) is 3.24. The molecule has 0 aromatic heterocycles. The summed E-state index contributed by atoms with van der Waals surface area (Å²) in [5.74, 6) is 3.39. The summed E-state index contributed by atoms with van der Waals surface area (Å²) in [5.41, 5.74) is 0. The average molecular weight is 263 g/mol. The van der Waals surface area contributed by atoms with Crippen molar-refractivity contribution in [3.8, 4) is 0 Å². The molecule has 0 saturated heterocycles. The Hall–Kier alpha value is -0.370. The standard InChI is InChI=1S/C17H29NO/c1-12(2)14-5-8-17(19)15(9-14)11-18(16-6-7-16)10-13-3-4-13/h12-16H,3-11H2,1-2H3. The van der Waals surface area contributed by atoms with Gasteiger partial charge in [-0.05, 0) is 56.3 Å². The lowest BCUT2D eigenvalue weighted by molar-refractivity contribution is -0.126. The van der Waals surface area contributed by atoms with Crippen molar-refractivity contribution in [2.45, 2.75) is 64.8 Å². The van der Waals surface area contributed by atoms with E-state index in [9.17, 15) is 4.79 Å².